The van der Waals surface area contributed by atoms with Crippen molar-refractivity contribution in [3.05, 3.63) is 47.7 Å². The molecule has 0 saturated carbocycles. The van der Waals surface area contributed by atoms with Crippen LogP contribution in [0, 0.1) is 6.92 Å². The quantitative estimate of drug-likeness (QED) is 0.725. The first-order chi connectivity index (χ1) is 12.9. The predicted octanol–water partition coefficient (Wildman–Crippen LogP) is 2.88. The highest BCUT2D eigenvalue weighted by atomic mass is 16.4. The lowest BCUT2D eigenvalue weighted by atomic mass is 10.0. The Morgan fingerprint density at radius 1 is 1.22 bits per heavy atom. The van der Waals surface area contributed by atoms with Crippen LogP contribution in [0.4, 0.5) is 0 Å². The molecule has 1 N–H and O–H groups in total. The fourth-order valence-electron chi connectivity index (χ4n) is 3.17. The molecule has 27 heavy (non-hydrogen) atoms. The van der Waals surface area contributed by atoms with Gasteiger partial charge < -0.3 is 10.0 Å². The van der Waals surface area contributed by atoms with Gasteiger partial charge in [-0.15, -0.1) is 0 Å². The van der Waals surface area contributed by atoms with Crippen molar-refractivity contribution >= 4 is 22.9 Å². The van der Waals surface area contributed by atoms with Gasteiger partial charge in [0.05, 0.1) is 28.8 Å². The van der Waals surface area contributed by atoms with Crippen molar-refractivity contribution in [1.29, 1.82) is 0 Å². The lowest BCUT2D eigenvalue weighted by molar-refractivity contribution is -0.137. The molecule has 2 heterocycles. The summed E-state index contributed by atoms with van der Waals surface area (Å²) < 4.78 is 1.67. The standard InChI is InChI=1S/C20H22N4O3/c1-4-24(11-10-17(25)26)20(27)15-12-16(14-8-6-5-7-9-14)21-19-18(15)13(2)22-23(19)3/h5-9,12H,4,10-11H2,1-3H3,(H,25,26). The van der Waals surface area contributed by atoms with E-state index < -0.39 is 5.97 Å². The third kappa shape index (κ3) is 3.67. The number of carboxylic acids is 1. The normalized spacial score (nSPS) is 10.9. The van der Waals surface area contributed by atoms with E-state index in [0.717, 1.165) is 11.3 Å². The largest absolute Gasteiger partial charge is 0.481 e. The summed E-state index contributed by atoms with van der Waals surface area (Å²) in [5.41, 5.74) is 3.44. The number of nitrogens with zero attached hydrogens (tertiary/aromatic N) is 4. The molecule has 0 atom stereocenters. The summed E-state index contributed by atoms with van der Waals surface area (Å²) in [6, 6.07) is 11.4. The van der Waals surface area contributed by atoms with Crippen LogP contribution >= 0.6 is 0 Å². The summed E-state index contributed by atoms with van der Waals surface area (Å²) in [6.45, 7) is 4.27. The average molecular weight is 366 g/mol. The van der Waals surface area contributed by atoms with Gasteiger partial charge in [-0.05, 0) is 19.9 Å². The highest BCUT2D eigenvalue weighted by molar-refractivity contribution is 6.07. The molecule has 3 rings (SSSR count). The molecule has 0 saturated heterocycles. The van der Waals surface area contributed by atoms with Gasteiger partial charge in [-0.25, -0.2) is 4.98 Å². The van der Waals surface area contributed by atoms with Crippen LogP contribution in [0.3, 0.4) is 0 Å². The Morgan fingerprint density at radius 3 is 2.56 bits per heavy atom. The third-order valence-electron chi connectivity index (χ3n) is 4.53. The van der Waals surface area contributed by atoms with Gasteiger partial charge in [0.1, 0.15) is 0 Å². The van der Waals surface area contributed by atoms with Crippen molar-refractivity contribution in [2.24, 2.45) is 7.05 Å². The maximum atomic E-state index is 13.2. The Hall–Kier alpha value is -3.22. The number of carbonyl (C=O) groups is 2. The number of aromatic nitrogens is 3. The minimum Gasteiger partial charge on any atom is -0.481 e. The Labute approximate surface area is 157 Å². The van der Waals surface area contributed by atoms with Crippen molar-refractivity contribution in [3.8, 4) is 11.3 Å². The van der Waals surface area contributed by atoms with Crippen molar-refractivity contribution < 1.29 is 14.7 Å². The summed E-state index contributed by atoms with van der Waals surface area (Å²) in [5, 5.41) is 14.1. The van der Waals surface area contributed by atoms with Crippen LogP contribution in [0.1, 0.15) is 29.4 Å². The van der Waals surface area contributed by atoms with Crippen molar-refractivity contribution in [2.45, 2.75) is 20.3 Å². The second-order valence-corrected chi connectivity index (χ2v) is 6.36. The van der Waals surface area contributed by atoms with Gasteiger partial charge in [-0.3, -0.25) is 14.3 Å². The summed E-state index contributed by atoms with van der Waals surface area (Å²) in [4.78, 5) is 30.4. The smallest absolute Gasteiger partial charge is 0.305 e. The van der Waals surface area contributed by atoms with E-state index in [2.05, 4.69) is 5.10 Å². The Bertz CT molecular complexity index is 995. The number of hydrogen-bond donors (Lipinski definition) is 1. The molecule has 0 aliphatic heterocycles. The van der Waals surface area contributed by atoms with Gasteiger partial charge in [0.2, 0.25) is 0 Å². The Morgan fingerprint density at radius 2 is 1.93 bits per heavy atom. The molecule has 1 aromatic carbocycles. The van der Waals surface area contributed by atoms with Crippen molar-refractivity contribution in [2.75, 3.05) is 13.1 Å². The number of fused-ring (bicyclic) bond motifs is 1. The van der Waals surface area contributed by atoms with Gasteiger partial charge in [0.15, 0.2) is 5.65 Å². The Balaban J connectivity index is 2.15. The van der Waals surface area contributed by atoms with Crippen molar-refractivity contribution in [1.82, 2.24) is 19.7 Å². The van der Waals surface area contributed by atoms with Crippen molar-refractivity contribution in [3.63, 3.8) is 0 Å². The first kappa shape index (κ1) is 18.6. The molecule has 1 amide bonds. The van der Waals surface area contributed by atoms with Crippen LogP contribution in [0.25, 0.3) is 22.3 Å². The number of aliphatic carboxylic acids is 1. The summed E-state index contributed by atoms with van der Waals surface area (Å²) >= 11 is 0. The number of hydrogen-bond acceptors (Lipinski definition) is 4. The van der Waals surface area contributed by atoms with Crippen LogP contribution in [0.5, 0.6) is 0 Å². The zero-order valence-electron chi connectivity index (χ0n) is 15.6. The van der Waals surface area contributed by atoms with Gasteiger partial charge in [-0.1, -0.05) is 30.3 Å². The second-order valence-electron chi connectivity index (χ2n) is 6.36. The van der Waals surface area contributed by atoms with E-state index in [4.69, 9.17) is 10.1 Å². The van der Waals surface area contributed by atoms with E-state index in [-0.39, 0.29) is 18.9 Å². The minimum absolute atomic E-state index is 0.0919. The van der Waals surface area contributed by atoms with Gasteiger partial charge in [0, 0.05) is 25.7 Å². The van der Waals surface area contributed by atoms with Crippen LogP contribution in [0.15, 0.2) is 36.4 Å². The van der Waals surface area contributed by atoms with E-state index in [9.17, 15) is 9.59 Å². The molecule has 140 valence electrons. The maximum absolute atomic E-state index is 13.2. The molecule has 2 aromatic heterocycles. The molecular formula is C20H22N4O3. The lowest BCUT2D eigenvalue weighted by Crippen LogP contribution is -2.33. The highest BCUT2D eigenvalue weighted by Crippen LogP contribution is 2.27. The second kappa shape index (κ2) is 7.57. The van der Waals surface area contributed by atoms with Crippen LogP contribution in [-0.4, -0.2) is 49.7 Å². The average Bonchev–Trinajstić information content (AvgIpc) is 2.96. The van der Waals surface area contributed by atoms with E-state index >= 15 is 0 Å². The fraction of sp³-hybridized carbons (Fsp3) is 0.300. The zero-order valence-corrected chi connectivity index (χ0v) is 15.6. The van der Waals surface area contributed by atoms with E-state index in [1.54, 1.807) is 22.7 Å². The molecule has 0 bridgehead atoms. The first-order valence-corrected chi connectivity index (χ1v) is 8.83. The number of rotatable bonds is 6. The van der Waals surface area contributed by atoms with Crippen LogP contribution in [-0.2, 0) is 11.8 Å². The topological polar surface area (TPSA) is 88.3 Å². The fourth-order valence-corrected chi connectivity index (χ4v) is 3.17. The molecule has 0 radical (unpaired) electrons. The molecule has 0 unspecified atom stereocenters. The number of amides is 1. The molecule has 0 aliphatic carbocycles. The first-order valence-electron chi connectivity index (χ1n) is 8.83. The number of aryl methyl sites for hydroxylation is 2. The number of benzene rings is 1. The maximum Gasteiger partial charge on any atom is 0.305 e. The SMILES string of the molecule is CCN(CCC(=O)O)C(=O)c1cc(-c2ccccc2)nc2c1c(C)nn2C. The number of pyridine rings is 1. The molecule has 3 aromatic rings. The third-order valence-corrected chi connectivity index (χ3v) is 4.53. The molecule has 0 spiro atoms. The summed E-state index contributed by atoms with van der Waals surface area (Å²) in [7, 11) is 1.80. The van der Waals surface area contributed by atoms with Gasteiger partial charge in [0.25, 0.3) is 5.91 Å². The van der Waals surface area contributed by atoms with Gasteiger partial charge >= 0.3 is 5.97 Å². The summed E-state index contributed by atoms with van der Waals surface area (Å²) in [5.74, 6) is -1.14. The number of carboxylic acid groups (broad SMARTS) is 1. The van der Waals surface area contributed by atoms with E-state index in [1.807, 2.05) is 44.2 Å². The molecule has 0 fully saturated rings. The molecule has 7 heteroatoms. The monoisotopic (exact) mass is 366 g/mol. The molecular weight excluding hydrogens is 344 g/mol. The summed E-state index contributed by atoms with van der Waals surface area (Å²) in [6.07, 6.45) is -0.0919. The van der Waals surface area contributed by atoms with Crippen LogP contribution in [0.2, 0.25) is 0 Å². The predicted molar refractivity (Wildman–Crippen MR) is 103 cm³/mol. The van der Waals surface area contributed by atoms with E-state index in [1.165, 1.54) is 0 Å². The van der Waals surface area contributed by atoms with Crippen LogP contribution < -0.4 is 0 Å². The van der Waals surface area contributed by atoms with Gasteiger partial charge in [-0.2, -0.15) is 5.10 Å². The molecule has 7 nitrogen and oxygen atoms in total. The zero-order chi connectivity index (χ0) is 19.6. The number of carbonyl (C=O) groups excluding carboxylic acids is 1. The Kier molecular flexibility index (Phi) is 5.21. The highest BCUT2D eigenvalue weighted by Gasteiger charge is 2.23. The van der Waals surface area contributed by atoms with E-state index in [0.29, 0.717) is 28.8 Å². The minimum atomic E-state index is -0.927. The lowest BCUT2D eigenvalue weighted by Gasteiger charge is -2.21. The molecule has 0 aliphatic rings.